The van der Waals surface area contributed by atoms with Gasteiger partial charge in [-0.15, -0.1) is 0 Å². The first-order valence-electron chi connectivity index (χ1n) is 6.97. The number of hydrogen-bond acceptors (Lipinski definition) is 1. The molecule has 1 heterocycles. The molecule has 21 heavy (non-hydrogen) atoms. The molecule has 104 valence electrons. The van der Waals surface area contributed by atoms with Crippen molar-refractivity contribution in [3.63, 3.8) is 0 Å². The summed E-state index contributed by atoms with van der Waals surface area (Å²) in [5.41, 5.74) is 5.50. The number of nitrogens with one attached hydrogen (secondary N) is 1. The summed E-state index contributed by atoms with van der Waals surface area (Å²) in [4.78, 5) is 16.0. The van der Waals surface area contributed by atoms with Crippen molar-refractivity contribution in [3.8, 4) is 0 Å². The largest absolute Gasteiger partial charge is 0.351 e. The number of aromatic nitrogens is 1. The average Bonchev–Trinajstić information content (AvgIpc) is 2.86. The predicted octanol–water partition coefficient (Wildman–Crippen LogP) is 4.66. The van der Waals surface area contributed by atoms with Crippen LogP contribution < -0.4 is 0 Å². The summed E-state index contributed by atoms with van der Waals surface area (Å²) in [5.74, 6) is -0.00115. The number of carbonyl (C=O) groups is 1. The predicted molar refractivity (Wildman–Crippen MR) is 87.7 cm³/mol. The molecule has 0 unspecified atom stereocenters. The van der Waals surface area contributed by atoms with Crippen LogP contribution in [0.4, 0.5) is 0 Å². The lowest BCUT2D eigenvalue weighted by atomic mass is 10.0. The van der Waals surface area contributed by atoms with Gasteiger partial charge in [0.1, 0.15) is 0 Å². The highest BCUT2D eigenvalue weighted by atomic mass is 16.1. The maximum Gasteiger partial charge on any atom is 0.209 e. The van der Waals surface area contributed by atoms with Crippen LogP contribution in [0.1, 0.15) is 32.7 Å². The van der Waals surface area contributed by atoms with Gasteiger partial charge >= 0.3 is 0 Å². The maximum atomic E-state index is 12.7. The van der Waals surface area contributed by atoms with Gasteiger partial charge in [0.25, 0.3) is 0 Å². The van der Waals surface area contributed by atoms with E-state index >= 15 is 0 Å². The first-order chi connectivity index (χ1) is 10.1. The van der Waals surface area contributed by atoms with E-state index in [1.807, 2.05) is 30.3 Å². The van der Waals surface area contributed by atoms with Crippen LogP contribution in [0, 0.1) is 13.8 Å². The second-order valence-electron chi connectivity index (χ2n) is 5.32. The number of aromatic amines is 1. The number of H-pyrrole nitrogens is 1. The molecule has 2 aromatic carbocycles. The van der Waals surface area contributed by atoms with Gasteiger partial charge in [0, 0.05) is 22.0 Å². The summed E-state index contributed by atoms with van der Waals surface area (Å²) < 4.78 is 0. The molecular formula is C19H17NO. The molecule has 0 atom stereocenters. The van der Waals surface area contributed by atoms with E-state index in [0.29, 0.717) is 11.3 Å². The fourth-order valence-corrected chi connectivity index (χ4v) is 2.80. The Kier molecular flexibility index (Phi) is 3.22. The third-order valence-electron chi connectivity index (χ3n) is 3.76. The fourth-order valence-electron chi connectivity index (χ4n) is 2.80. The van der Waals surface area contributed by atoms with Crippen molar-refractivity contribution in [2.75, 3.05) is 0 Å². The number of aryl methyl sites for hydroxylation is 2. The van der Waals surface area contributed by atoms with Crippen LogP contribution in [0.5, 0.6) is 0 Å². The van der Waals surface area contributed by atoms with E-state index in [1.165, 1.54) is 5.56 Å². The summed E-state index contributed by atoms with van der Waals surface area (Å²) >= 11 is 0. The highest BCUT2D eigenvalue weighted by Gasteiger charge is 2.18. The van der Waals surface area contributed by atoms with Crippen molar-refractivity contribution in [1.29, 1.82) is 0 Å². The van der Waals surface area contributed by atoms with Crippen molar-refractivity contribution in [2.24, 2.45) is 0 Å². The summed E-state index contributed by atoms with van der Waals surface area (Å²) in [6.07, 6.45) is 1.76. The topological polar surface area (TPSA) is 32.9 Å². The first kappa shape index (κ1) is 13.4. The van der Waals surface area contributed by atoms with Crippen LogP contribution in [0.15, 0.2) is 49.0 Å². The van der Waals surface area contributed by atoms with Crippen molar-refractivity contribution in [1.82, 2.24) is 4.98 Å². The first-order valence-corrected chi connectivity index (χ1v) is 6.97. The Morgan fingerprint density at radius 3 is 2.52 bits per heavy atom. The number of benzene rings is 2. The Morgan fingerprint density at radius 2 is 1.86 bits per heavy atom. The van der Waals surface area contributed by atoms with Crippen molar-refractivity contribution in [2.45, 2.75) is 13.8 Å². The van der Waals surface area contributed by atoms with E-state index in [-0.39, 0.29) is 5.78 Å². The summed E-state index contributed by atoms with van der Waals surface area (Å²) in [7, 11) is 0. The number of ketones is 1. The summed E-state index contributed by atoms with van der Waals surface area (Å²) in [5, 5.41) is 1.06. The Labute approximate surface area is 124 Å². The molecule has 1 N–H and O–H groups in total. The highest BCUT2D eigenvalue weighted by molar-refractivity contribution is 6.14. The lowest BCUT2D eigenvalue weighted by molar-refractivity contribution is 0.103. The third-order valence-corrected chi connectivity index (χ3v) is 3.76. The van der Waals surface area contributed by atoms with Gasteiger partial charge in [-0.3, -0.25) is 4.79 Å². The molecule has 0 aliphatic rings. The minimum absolute atomic E-state index is 0.00115. The van der Waals surface area contributed by atoms with Gasteiger partial charge in [0.05, 0.1) is 5.69 Å². The van der Waals surface area contributed by atoms with Gasteiger partial charge in [-0.2, -0.15) is 0 Å². The second-order valence-corrected chi connectivity index (χ2v) is 5.32. The summed E-state index contributed by atoms with van der Waals surface area (Å²) in [6.45, 7) is 7.99. The molecular weight excluding hydrogens is 258 g/mol. The molecule has 3 rings (SSSR count). The maximum absolute atomic E-state index is 12.7. The van der Waals surface area contributed by atoms with Gasteiger partial charge in [-0.25, -0.2) is 0 Å². The van der Waals surface area contributed by atoms with Crippen LogP contribution in [-0.4, -0.2) is 10.8 Å². The molecule has 3 aromatic rings. The van der Waals surface area contributed by atoms with Crippen LogP contribution in [0.3, 0.4) is 0 Å². The van der Waals surface area contributed by atoms with Crippen LogP contribution in [-0.2, 0) is 0 Å². The zero-order valence-corrected chi connectivity index (χ0v) is 12.2. The quantitative estimate of drug-likeness (QED) is 0.693. The van der Waals surface area contributed by atoms with E-state index in [0.717, 1.165) is 22.0 Å². The average molecular weight is 275 g/mol. The SMILES string of the molecule is C=Cc1c(C(=O)c2ccccc2)[nH]c2c(C)cc(C)cc12. The fraction of sp³-hybridized carbons (Fsp3) is 0.105. The number of fused-ring (bicyclic) bond motifs is 1. The molecule has 0 fully saturated rings. The Balaban J connectivity index is 2.26. The molecule has 1 aromatic heterocycles. The van der Waals surface area contributed by atoms with Crippen molar-refractivity contribution in [3.05, 3.63) is 77.0 Å². The smallest absolute Gasteiger partial charge is 0.209 e. The van der Waals surface area contributed by atoms with Gasteiger partial charge in [-0.05, 0) is 25.5 Å². The molecule has 0 saturated carbocycles. The lowest BCUT2D eigenvalue weighted by Crippen LogP contribution is -2.03. The van der Waals surface area contributed by atoms with Crippen LogP contribution in [0.25, 0.3) is 17.0 Å². The number of rotatable bonds is 3. The van der Waals surface area contributed by atoms with E-state index in [4.69, 9.17) is 0 Å². The normalized spacial score (nSPS) is 10.8. The molecule has 0 aliphatic heterocycles. The van der Waals surface area contributed by atoms with Gasteiger partial charge in [-0.1, -0.05) is 54.6 Å². The standard InChI is InChI=1S/C19H17NO/c1-4-15-16-11-12(2)10-13(3)17(16)20-18(15)19(21)14-8-6-5-7-9-14/h4-11,20H,1H2,2-3H3. The minimum atomic E-state index is -0.00115. The Morgan fingerprint density at radius 1 is 1.14 bits per heavy atom. The second kappa shape index (κ2) is 5.06. The molecule has 0 saturated heterocycles. The Hall–Kier alpha value is -2.61. The van der Waals surface area contributed by atoms with E-state index in [9.17, 15) is 4.79 Å². The minimum Gasteiger partial charge on any atom is -0.351 e. The molecule has 2 nitrogen and oxygen atoms in total. The molecule has 0 bridgehead atoms. The monoisotopic (exact) mass is 275 g/mol. The molecule has 0 aliphatic carbocycles. The van der Waals surface area contributed by atoms with E-state index in [1.54, 1.807) is 6.08 Å². The molecule has 0 amide bonds. The lowest BCUT2D eigenvalue weighted by Gasteiger charge is -2.00. The highest BCUT2D eigenvalue weighted by Crippen LogP contribution is 2.28. The van der Waals surface area contributed by atoms with E-state index in [2.05, 4.69) is 37.5 Å². The zero-order valence-electron chi connectivity index (χ0n) is 12.2. The zero-order chi connectivity index (χ0) is 15.0. The Bertz CT molecular complexity index is 841. The van der Waals surface area contributed by atoms with Gasteiger partial charge < -0.3 is 4.98 Å². The van der Waals surface area contributed by atoms with Gasteiger partial charge in [0.15, 0.2) is 0 Å². The molecule has 0 spiro atoms. The van der Waals surface area contributed by atoms with Crippen LogP contribution in [0.2, 0.25) is 0 Å². The number of hydrogen-bond donors (Lipinski definition) is 1. The molecule has 2 heteroatoms. The van der Waals surface area contributed by atoms with Crippen molar-refractivity contribution < 1.29 is 4.79 Å². The number of carbonyl (C=O) groups excluding carboxylic acids is 1. The van der Waals surface area contributed by atoms with Crippen LogP contribution >= 0.6 is 0 Å². The molecule has 0 radical (unpaired) electrons. The van der Waals surface area contributed by atoms with Gasteiger partial charge in [0.2, 0.25) is 5.78 Å². The van der Waals surface area contributed by atoms with Crippen molar-refractivity contribution >= 4 is 22.8 Å². The third kappa shape index (κ3) is 2.19. The van der Waals surface area contributed by atoms with E-state index < -0.39 is 0 Å². The summed E-state index contributed by atoms with van der Waals surface area (Å²) in [6, 6.07) is 13.5.